The van der Waals surface area contributed by atoms with E-state index in [0.717, 1.165) is 11.1 Å². The van der Waals surface area contributed by atoms with Crippen molar-refractivity contribution in [1.29, 1.82) is 0 Å². The minimum absolute atomic E-state index is 0.318. The van der Waals surface area contributed by atoms with E-state index in [1.54, 1.807) is 24.5 Å². The fraction of sp³-hybridized carbons (Fsp3) is 0.158. The van der Waals surface area contributed by atoms with E-state index in [-0.39, 0.29) is 11.8 Å². The zero-order valence-electron chi connectivity index (χ0n) is 13.8. The topological polar surface area (TPSA) is 59.0 Å². The highest BCUT2D eigenvalue weighted by molar-refractivity contribution is 5.74. The Hall–Kier alpha value is -3.15. The lowest BCUT2D eigenvalue weighted by Gasteiger charge is -2.19. The number of aromatic nitrogens is 2. The van der Waals surface area contributed by atoms with Crippen LogP contribution >= 0.6 is 0 Å². The number of amides is 2. The predicted molar refractivity (Wildman–Crippen MR) is 93.3 cm³/mol. The van der Waals surface area contributed by atoms with Crippen molar-refractivity contribution in [2.24, 2.45) is 7.05 Å². The molecule has 0 unspecified atom stereocenters. The summed E-state index contributed by atoms with van der Waals surface area (Å²) in [5, 5.41) is 5.74. The molecule has 1 heterocycles. The smallest absolute Gasteiger partial charge is 0.315 e. The summed E-state index contributed by atoms with van der Waals surface area (Å²) in [5.41, 5.74) is 1.76. The SMILES string of the molecule is Cn1ccnc1[C@@H](NC(=O)NCc1ccccc1)c1ccc(F)cc1. The number of carbonyl (C=O) groups excluding carboxylic acids is 1. The minimum atomic E-state index is -0.476. The van der Waals surface area contributed by atoms with Crippen LogP contribution in [-0.2, 0) is 13.6 Å². The molecule has 1 aromatic heterocycles. The van der Waals surface area contributed by atoms with Crippen molar-refractivity contribution in [3.05, 3.63) is 89.8 Å². The maximum absolute atomic E-state index is 13.2. The van der Waals surface area contributed by atoms with Gasteiger partial charge < -0.3 is 15.2 Å². The van der Waals surface area contributed by atoms with E-state index in [0.29, 0.717) is 12.4 Å². The van der Waals surface area contributed by atoms with Gasteiger partial charge in [-0.25, -0.2) is 14.2 Å². The standard InChI is InChI=1S/C19H19FN4O/c1-24-12-11-21-18(24)17(15-7-9-16(20)10-8-15)23-19(25)22-13-14-5-3-2-4-6-14/h2-12,17H,13H2,1H3,(H2,22,23,25)/t17-/m0/s1. The van der Waals surface area contributed by atoms with Gasteiger partial charge in [-0.2, -0.15) is 0 Å². The van der Waals surface area contributed by atoms with Crippen molar-refractivity contribution in [2.75, 3.05) is 0 Å². The highest BCUT2D eigenvalue weighted by Crippen LogP contribution is 2.20. The second-order valence-corrected chi connectivity index (χ2v) is 5.69. The molecular weight excluding hydrogens is 319 g/mol. The highest BCUT2D eigenvalue weighted by Gasteiger charge is 2.20. The van der Waals surface area contributed by atoms with E-state index in [2.05, 4.69) is 15.6 Å². The number of aryl methyl sites for hydroxylation is 1. The van der Waals surface area contributed by atoms with Crippen molar-refractivity contribution in [3.63, 3.8) is 0 Å². The molecule has 2 aromatic carbocycles. The Kier molecular flexibility index (Phi) is 5.09. The molecule has 0 spiro atoms. The number of halogens is 1. The van der Waals surface area contributed by atoms with Crippen LogP contribution in [0.15, 0.2) is 67.0 Å². The van der Waals surface area contributed by atoms with Crippen LogP contribution in [0.1, 0.15) is 23.0 Å². The largest absolute Gasteiger partial charge is 0.336 e. The first-order chi connectivity index (χ1) is 12.1. The van der Waals surface area contributed by atoms with Crippen molar-refractivity contribution in [2.45, 2.75) is 12.6 Å². The van der Waals surface area contributed by atoms with Crippen LogP contribution < -0.4 is 10.6 Å². The van der Waals surface area contributed by atoms with Gasteiger partial charge in [0, 0.05) is 26.0 Å². The lowest BCUT2D eigenvalue weighted by Crippen LogP contribution is -2.38. The Morgan fingerprint density at radius 1 is 1.16 bits per heavy atom. The first-order valence-corrected chi connectivity index (χ1v) is 7.94. The Balaban J connectivity index is 1.74. The van der Waals surface area contributed by atoms with E-state index in [1.807, 2.05) is 41.9 Å². The summed E-state index contributed by atoms with van der Waals surface area (Å²) >= 11 is 0. The molecule has 0 aliphatic heterocycles. The quantitative estimate of drug-likeness (QED) is 0.751. The maximum Gasteiger partial charge on any atom is 0.315 e. The van der Waals surface area contributed by atoms with Crippen LogP contribution in [0, 0.1) is 5.82 Å². The number of hydrogen-bond donors (Lipinski definition) is 2. The van der Waals surface area contributed by atoms with Gasteiger partial charge in [-0.15, -0.1) is 0 Å². The third-order valence-corrected chi connectivity index (χ3v) is 3.89. The molecular formula is C19H19FN4O. The lowest BCUT2D eigenvalue weighted by molar-refractivity contribution is 0.237. The number of nitrogens with zero attached hydrogens (tertiary/aromatic N) is 2. The normalized spacial score (nSPS) is 11.8. The molecule has 128 valence electrons. The van der Waals surface area contributed by atoms with Gasteiger partial charge in [0.2, 0.25) is 0 Å². The Labute approximate surface area is 145 Å². The van der Waals surface area contributed by atoms with Gasteiger partial charge in [0.05, 0.1) is 0 Å². The molecule has 2 amide bonds. The molecule has 0 bridgehead atoms. The van der Waals surface area contributed by atoms with Crippen molar-refractivity contribution >= 4 is 6.03 Å². The lowest BCUT2D eigenvalue weighted by atomic mass is 10.1. The second kappa shape index (κ2) is 7.61. The van der Waals surface area contributed by atoms with Crippen LogP contribution in [-0.4, -0.2) is 15.6 Å². The zero-order valence-corrected chi connectivity index (χ0v) is 13.8. The molecule has 1 atom stereocenters. The van der Waals surface area contributed by atoms with Crippen LogP contribution in [0.4, 0.5) is 9.18 Å². The summed E-state index contributed by atoms with van der Waals surface area (Å²) in [4.78, 5) is 16.7. The number of imidazole rings is 1. The maximum atomic E-state index is 13.2. The minimum Gasteiger partial charge on any atom is -0.336 e. The first kappa shape index (κ1) is 16.7. The van der Waals surface area contributed by atoms with Gasteiger partial charge >= 0.3 is 6.03 Å². The van der Waals surface area contributed by atoms with E-state index < -0.39 is 6.04 Å². The Morgan fingerprint density at radius 3 is 2.52 bits per heavy atom. The van der Waals surface area contributed by atoms with Gasteiger partial charge in [0.25, 0.3) is 0 Å². The third-order valence-electron chi connectivity index (χ3n) is 3.89. The van der Waals surface area contributed by atoms with Crippen LogP contribution in [0.25, 0.3) is 0 Å². The van der Waals surface area contributed by atoms with E-state index in [1.165, 1.54) is 12.1 Å². The molecule has 3 rings (SSSR count). The average Bonchev–Trinajstić information content (AvgIpc) is 3.05. The molecule has 0 radical (unpaired) electrons. The number of benzene rings is 2. The second-order valence-electron chi connectivity index (χ2n) is 5.69. The molecule has 0 saturated heterocycles. The molecule has 0 saturated carbocycles. The van der Waals surface area contributed by atoms with E-state index in [9.17, 15) is 9.18 Å². The van der Waals surface area contributed by atoms with Gasteiger partial charge in [0.1, 0.15) is 17.7 Å². The number of hydrogen-bond acceptors (Lipinski definition) is 2. The summed E-state index contributed by atoms with van der Waals surface area (Å²) in [6, 6.07) is 14.9. The molecule has 2 N–H and O–H groups in total. The first-order valence-electron chi connectivity index (χ1n) is 7.94. The van der Waals surface area contributed by atoms with Crippen molar-refractivity contribution in [1.82, 2.24) is 20.2 Å². The van der Waals surface area contributed by atoms with Gasteiger partial charge in [-0.05, 0) is 23.3 Å². The summed E-state index contributed by atoms with van der Waals surface area (Å²) < 4.78 is 15.0. The summed E-state index contributed by atoms with van der Waals surface area (Å²) in [5.74, 6) is 0.345. The van der Waals surface area contributed by atoms with Crippen LogP contribution in [0.3, 0.4) is 0 Å². The summed E-state index contributed by atoms with van der Waals surface area (Å²) in [7, 11) is 1.85. The zero-order chi connectivity index (χ0) is 17.6. The van der Waals surface area contributed by atoms with E-state index >= 15 is 0 Å². The van der Waals surface area contributed by atoms with Crippen LogP contribution in [0.5, 0.6) is 0 Å². The number of nitrogens with one attached hydrogen (secondary N) is 2. The fourth-order valence-corrected chi connectivity index (χ4v) is 2.57. The molecule has 5 nitrogen and oxygen atoms in total. The van der Waals surface area contributed by atoms with Crippen molar-refractivity contribution < 1.29 is 9.18 Å². The third kappa shape index (κ3) is 4.23. The molecule has 0 fully saturated rings. The fourth-order valence-electron chi connectivity index (χ4n) is 2.57. The van der Waals surface area contributed by atoms with Gasteiger partial charge in [-0.3, -0.25) is 0 Å². The molecule has 3 aromatic rings. The van der Waals surface area contributed by atoms with Crippen LogP contribution in [0.2, 0.25) is 0 Å². The predicted octanol–water partition coefficient (Wildman–Crippen LogP) is 3.15. The molecule has 0 aliphatic rings. The van der Waals surface area contributed by atoms with E-state index in [4.69, 9.17) is 0 Å². The number of rotatable bonds is 5. The summed E-state index contributed by atoms with van der Waals surface area (Å²) in [6.07, 6.45) is 3.46. The Bertz CT molecular complexity index is 830. The number of urea groups is 1. The highest BCUT2D eigenvalue weighted by atomic mass is 19.1. The number of carbonyl (C=O) groups is 1. The summed E-state index contributed by atoms with van der Waals surface area (Å²) in [6.45, 7) is 0.420. The average molecular weight is 338 g/mol. The molecule has 6 heteroatoms. The van der Waals surface area contributed by atoms with Crippen molar-refractivity contribution in [3.8, 4) is 0 Å². The molecule has 25 heavy (non-hydrogen) atoms. The van der Waals surface area contributed by atoms with Gasteiger partial charge in [0.15, 0.2) is 0 Å². The Morgan fingerprint density at radius 2 is 1.88 bits per heavy atom. The monoisotopic (exact) mass is 338 g/mol. The van der Waals surface area contributed by atoms with Gasteiger partial charge in [-0.1, -0.05) is 42.5 Å². The molecule has 0 aliphatic carbocycles.